The monoisotopic (exact) mass is 368 g/mol. The molecule has 0 saturated carbocycles. The maximum absolute atomic E-state index is 13.1. The number of hydrogen-bond donors (Lipinski definition) is 3. The summed E-state index contributed by atoms with van der Waals surface area (Å²) < 4.78 is 13.2. The molecule has 6 heteroatoms. The van der Waals surface area contributed by atoms with Crippen molar-refractivity contribution in [1.82, 2.24) is 4.98 Å². The minimum atomic E-state index is -1.03. The molecule has 0 unspecified atom stereocenters. The van der Waals surface area contributed by atoms with Gasteiger partial charge in [-0.05, 0) is 42.5 Å². The number of hydrogen-bond acceptors (Lipinski definition) is 5. The number of anilines is 3. The van der Waals surface area contributed by atoms with Crippen molar-refractivity contribution in [3.8, 4) is 0 Å². The minimum Gasteiger partial charge on any atom is -0.398 e. The average molecular weight is 368 g/mol. The fourth-order valence-corrected chi connectivity index (χ4v) is 3.67. The molecule has 1 heterocycles. The number of aromatic nitrogens is 1. The molecule has 0 aliphatic rings. The fraction of sp³-hybridized carbons (Fsp3) is 0.200. The van der Waals surface area contributed by atoms with E-state index in [1.54, 1.807) is 30.1 Å². The van der Waals surface area contributed by atoms with Crippen molar-refractivity contribution in [2.24, 2.45) is 0 Å². The molecule has 1 aromatic heterocycles. The molecule has 2 aromatic carbocycles. The summed E-state index contributed by atoms with van der Waals surface area (Å²) in [5, 5.41) is 11.4. The van der Waals surface area contributed by atoms with Gasteiger partial charge in [-0.2, -0.15) is 4.39 Å². The average Bonchev–Trinajstić information content (AvgIpc) is 2.53. The smallest absolute Gasteiger partial charge is 0.214 e. The summed E-state index contributed by atoms with van der Waals surface area (Å²) >= 11 is 1.80. The van der Waals surface area contributed by atoms with Crippen molar-refractivity contribution in [2.75, 3.05) is 11.1 Å². The van der Waals surface area contributed by atoms with E-state index in [9.17, 15) is 4.39 Å². The number of nitrogen functional groups attached to an aromatic ring is 1. The van der Waals surface area contributed by atoms with Gasteiger partial charge in [0.25, 0.3) is 0 Å². The number of pyridine rings is 1. The molecule has 134 valence electrons. The number of halogens is 1. The Hall–Kier alpha value is -2.60. The minimum absolute atomic E-state index is 0.0963. The largest absolute Gasteiger partial charge is 0.398 e. The highest BCUT2D eigenvalue weighted by Crippen LogP contribution is 2.35. The zero-order chi connectivity index (χ0) is 18.9. The Morgan fingerprint density at radius 2 is 1.92 bits per heavy atom. The lowest BCUT2D eigenvalue weighted by Gasteiger charge is -2.18. The number of nitrogens with one attached hydrogen (secondary N) is 2. The van der Waals surface area contributed by atoms with Gasteiger partial charge < -0.3 is 11.1 Å². The van der Waals surface area contributed by atoms with Gasteiger partial charge in [-0.25, -0.2) is 0 Å². The van der Waals surface area contributed by atoms with Crippen LogP contribution in [0.2, 0.25) is 0 Å². The van der Waals surface area contributed by atoms with E-state index in [0.717, 1.165) is 22.3 Å². The molecule has 0 fully saturated rings. The predicted molar refractivity (Wildman–Crippen MR) is 109 cm³/mol. The van der Waals surface area contributed by atoms with E-state index in [2.05, 4.69) is 43.2 Å². The van der Waals surface area contributed by atoms with Crippen LogP contribution < -0.4 is 11.1 Å². The zero-order valence-corrected chi connectivity index (χ0v) is 15.7. The van der Waals surface area contributed by atoms with Gasteiger partial charge in [0, 0.05) is 38.3 Å². The molecule has 0 bridgehead atoms. The Morgan fingerprint density at radius 1 is 1.15 bits per heavy atom. The van der Waals surface area contributed by atoms with Crippen LogP contribution in [0.1, 0.15) is 26.3 Å². The number of rotatable bonds is 4. The Labute approximate surface area is 156 Å². The molecule has 4 N–H and O–H groups in total. The van der Waals surface area contributed by atoms with Crippen molar-refractivity contribution >= 4 is 45.7 Å². The normalized spacial score (nSPS) is 11.5. The Balaban J connectivity index is 1.98. The summed E-state index contributed by atoms with van der Waals surface area (Å²) in [6.07, 6.45) is 1.75. The maximum Gasteiger partial charge on any atom is 0.214 e. The highest BCUT2D eigenvalue weighted by molar-refractivity contribution is 8.00. The van der Waals surface area contributed by atoms with Crippen molar-refractivity contribution in [3.63, 3.8) is 0 Å². The van der Waals surface area contributed by atoms with Crippen LogP contribution in [0.4, 0.5) is 21.5 Å². The second kappa shape index (κ2) is 6.96. The molecule has 0 spiro atoms. The van der Waals surface area contributed by atoms with Gasteiger partial charge in [0.2, 0.25) is 5.97 Å². The summed E-state index contributed by atoms with van der Waals surface area (Å²) in [5.74, 6) is -1.03. The molecule has 0 radical (unpaired) electrons. The summed E-state index contributed by atoms with van der Waals surface area (Å²) in [7, 11) is 0. The predicted octanol–water partition coefficient (Wildman–Crippen LogP) is 5.75. The van der Waals surface area contributed by atoms with Gasteiger partial charge in [0.1, 0.15) is 0 Å². The third-order valence-electron chi connectivity index (χ3n) is 3.70. The molecular weight excluding hydrogens is 347 g/mol. The van der Waals surface area contributed by atoms with E-state index in [1.165, 1.54) is 11.0 Å². The highest BCUT2D eigenvalue weighted by Gasteiger charge is 2.13. The molecule has 0 saturated heterocycles. The van der Waals surface area contributed by atoms with Crippen LogP contribution in [0.3, 0.4) is 0 Å². The van der Waals surface area contributed by atoms with Gasteiger partial charge >= 0.3 is 0 Å². The van der Waals surface area contributed by atoms with Gasteiger partial charge in [0.05, 0.1) is 11.1 Å². The molecule has 0 aliphatic carbocycles. The van der Waals surface area contributed by atoms with E-state index in [4.69, 9.17) is 11.1 Å². The quantitative estimate of drug-likeness (QED) is 0.311. The number of nitrogens with zero attached hydrogens (tertiary/aromatic N) is 1. The molecule has 3 aromatic rings. The molecule has 3 rings (SSSR count). The molecular formula is C20H21FN4S. The fourth-order valence-electron chi connectivity index (χ4n) is 2.65. The van der Waals surface area contributed by atoms with Crippen molar-refractivity contribution in [3.05, 3.63) is 54.2 Å². The zero-order valence-electron chi connectivity index (χ0n) is 14.9. The lowest BCUT2D eigenvalue weighted by molar-refractivity contribution is 0.798. The van der Waals surface area contributed by atoms with Crippen LogP contribution in [0.5, 0.6) is 0 Å². The topological polar surface area (TPSA) is 74.8 Å². The van der Waals surface area contributed by atoms with Gasteiger partial charge in [-0.1, -0.05) is 20.8 Å². The number of nitrogens with two attached hydrogens (primary N) is 1. The first-order valence-corrected chi connectivity index (χ1v) is 9.03. The first-order chi connectivity index (χ1) is 12.2. The third-order valence-corrected chi connectivity index (χ3v) is 4.81. The summed E-state index contributed by atoms with van der Waals surface area (Å²) in [4.78, 5) is 5.59. The third kappa shape index (κ3) is 4.14. The Kier molecular flexibility index (Phi) is 4.87. The number of thioether (sulfide) groups is 1. The van der Waals surface area contributed by atoms with E-state index in [1.807, 2.05) is 12.1 Å². The molecule has 0 atom stereocenters. The first-order valence-electron chi connectivity index (χ1n) is 8.22. The highest BCUT2D eigenvalue weighted by atomic mass is 32.2. The standard InChI is InChI=1S/C20H21FN4S/c1-20(2,3)26-13-5-7-17-15(11-13)18(8-9-24-17)25-12-4-6-14(19(21)23)16(22)10-12/h4-11,23H,22H2,1-3H3,(H,24,25). The Morgan fingerprint density at radius 3 is 2.58 bits per heavy atom. The second-order valence-corrected chi connectivity index (χ2v) is 8.89. The van der Waals surface area contributed by atoms with Crippen molar-refractivity contribution in [1.29, 1.82) is 5.41 Å². The summed E-state index contributed by atoms with van der Waals surface area (Å²) in [6.45, 7) is 6.53. The molecule has 0 amide bonds. The van der Waals surface area contributed by atoms with Crippen LogP contribution >= 0.6 is 11.8 Å². The lowest BCUT2D eigenvalue weighted by atomic mass is 10.1. The maximum atomic E-state index is 13.1. The molecule has 0 aliphatic heterocycles. The summed E-state index contributed by atoms with van der Waals surface area (Å²) in [6, 6.07) is 12.9. The van der Waals surface area contributed by atoms with Crippen LogP contribution in [0.15, 0.2) is 53.6 Å². The Bertz CT molecular complexity index is 979. The van der Waals surface area contributed by atoms with E-state index >= 15 is 0 Å². The van der Waals surface area contributed by atoms with E-state index < -0.39 is 5.97 Å². The lowest BCUT2D eigenvalue weighted by Crippen LogP contribution is -2.06. The van der Waals surface area contributed by atoms with Crippen molar-refractivity contribution in [2.45, 2.75) is 30.4 Å². The van der Waals surface area contributed by atoms with Gasteiger partial charge in [-0.3, -0.25) is 10.4 Å². The van der Waals surface area contributed by atoms with E-state index in [0.29, 0.717) is 0 Å². The molecule has 26 heavy (non-hydrogen) atoms. The number of fused-ring (bicyclic) bond motifs is 1. The summed E-state index contributed by atoms with van der Waals surface area (Å²) in [5.41, 5.74) is 8.69. The molecule has 4 nitrogen and oxygen atoms in total. The second-order valence-electron chi connectivity index (χ2n) is 6.99. The van der Waals surface area contributed by atoms with Gasteiger partial charge in [0.15, 0.2) is 0 Å². The van der Waals surface area contributed by atoms with Crippen LogP contribution in [0, 0.1) is 5.41 Å². The van der Waals surface area contributed by atoms with Crippen LogP contribution in [-0.2, 0) is 0 Å². The van der Waals surface area contributed by atoms with E-state index in [-0.39, 0.29) is 16.0 Å². The van der Waals surface area contributed by atoms with Gasteiger partial charge in [-0.15, -0.1) is 11.8 Å². The van der Waals surface area contributed by atoms with Crippen molar-refractivity contribution < 1.29 is 4.39 Å². The first kappa shape index (κ1) is 18.2. The van der Waals surface area contributed by atoms with Crippen LogP contribution in [0.25, 0.3) is 10.9 Å². The van der Waals surface area contributed by atoms with Crippen LogP contribution in [-0.4, -0.2) is 15.7 Å². The number of benzene rings is 2. The SMILES string of the molecule is CC(C)(C)Sc1ccc2nccc(Nc3ccc(C(=N)F)c(N)c3)c2c1.